The Hall–Kier alpha value is -3.01. The minimum atomic E-state index is -0.00911. The van der Waals surface area contributed by atoms with Crippen LogP contribution in [0.1, 0.15) is 36.3 Å². The van der Waals surface area contributed by atoms with Gasteiger partial charge in [-0.2, -0.15) is 0 Å². The van der Waals surface area contributed by atoms with Crippen molar-refractivity contribution in [3.05, 3.63) is 77.6 Å². The fourth-order valence-corrected chi connectivity index (χ4v) is 3.12. The van der Waals surface area contributed by atoms with E-state index in [1.165, 1.54) is 5.56 Å². The molecule has 0 saturated carbocycles. The van der Waals surface area contributed by atoms with Gasteiger partial charge < -0.3 is 14.5 Å². The molecule has 1 heterocycles. The van der Waals surface area contributed by atoms with Crippen LogP contribution in [0, 0.1) is 6.92 Å². The summed E-state index contributed by atoms with van der Waals surface area (Å²) in [7, 11) is 1.64. The summed E-state index contributed by atoms with van der Waals surface area (Å²) in [5.41, 5.74) is 3.31. The first kappa shape index (κ1) is 18.8. The number of nitrogens with one attached hydrogen (secondary N) is 1. The molecule has 3 rings (SSSR count). The maximum atomic E-state index is 12.3. The number of methoxy groups -OCH3 is 1. The normalized spacial score (nSPS) is 11.8. The van der Waals surface area contributed by atoms with Crippen LogP contribution in [0.4, 0.5) is 0 Å². The van der Waals surface area contributed by atoms with E-state index in [0.717, 1.165) is 28.4 Å². The smallest absolute Gasteiger partial charge is 0.220 e. The van der Waals surface area contributed by atoms with Gasteiger partial charge in [0.2, 0.25) is 5.91 Å². The highest BCUT2D eigenvalue weighted by atomic mass is 16.5. The van der Waals surface area contributed by atoms with Gasteiger partial charge in [0, 0.05) is 18.4 Å². The van der Waals surface area contributed by atoms with Crippen molar-refractivity contribution in [1.29, 1.82) is 0 Å². The molecule has 0 fully saturated rings. The van der Waals surface area contributed by atoms with Crippen molar-refractivity contribution < 1.29 is 13.9 Å². The van der Waals surface area contributed by atoms with E-state index in [4.69, 9.17) is 9.15 Å². The molecule has 27 heavy (non-hydrogen) atoms. The Morgan fingerprint density at radius 3 is 2.52 bits per heavy atom. The van der Waals surface area contributed by atoms with Gasteiger partial charge in [-0.3, -0.25) is 4.79 Å². The summed E-state index contributed by atoms with van der Waals surface area (Å²) in [6.45, 7) is 4.07. The Morgan fingerprint density at radius 1 is 1.07 bits per heavy atom. The van der Waals surface area contributed by atoms with Crippen LogP contribution in [0.5, 0.6) is 5.75 Å². The van der Waals surface area contributed by atoms with E-state index >= 15 is 0 Å². The highest BCUT2D eigenvalue weighted by molar-refractivity contribution is 5.76. The number of aryl methyl sites for hydroxylation is 2. The quantitative estimate of drug-likeness (QED) is 0.637. The van der Waals surface area contributed by atoms with Gasteiger partial charge >= 0.3 is 0 Å². The average molecular weight is 363 g/mol. The summed E-state index contributed by atoms with van der Waals surface area (Å²) < 4.78 is 11.1. The van der Waals surface area contributed by atoms with E-state index in [2.05, 4.69) is 18.3 Å². The highest BCUT2D eigenvalue weighted by Crippen LogP contribution is 2.25. The Labute approximate surface area is 160 Å². The van der Waals surface area contributed by atoms with Crippen molar-refractivity contribution in [3.63, 3.8) is 0 Å². The van der Waals surface area contributed by atoms with E-state index in [-0.39, 0.29) is 11.9 Å². The zero-order valence-corrected chi connectivity index (χ0v) is 16.0. The van der Waals surface area contributed by atoms with Gasteiger partial charge in [-0.15, -0.1) is 0 Å². The van der Waals surface area contributed by atoms with Crippen molar-refractivity contribution in [3.8, 4) is 17.1 Å². The second-order valence-corrected chi connectivity index (χ2v) is 6.64. The molecule has 2 aromatic carbocycles. The number of benzene rings is 2. The maximum absolute atomic E-state index is 12.3. The summed E-state index contributed by atoms with van der Waals surface area (Å²) in [5.74, 6) is 2.43. The molecular formula is C23H25NO3. The number of carbonyl (C=O) groups excluding carboxylic acids is 1. The molecule has 1 atom stereocenters. The second-order valence-electron chi connectivity index (χ2n) is 6.64. The van der Waals surface area contributed by atoms with Crippen molar-refractivity contribution in [2.75, 3.05) is 7.11 Å². The van der Waals surface area contributed by atoms with Crippen LogP contribution in [0.15, 0.2) is 65.1 Å². The maximum Gasteiger partial charge on any atom is 0.220 e. The number of furan rings is 1. The standard InChI is InChI=1S/C23H25NO3/c1-16-6-4-5-7-21(16)17(2)24-23(25)15-13-20-12-14-22(27-20)18-8-10-19(26-3)11-9-18/h4-12,14,17H,13,15H2,1-3H3,(H,24,25)/t17-/m0/s1. The number of carbonyl (C=O) groups is 1. The topological polar surface area (TPSA) is 51.5 Å². The van der Waals surface area contributed by atoms with Gasteiger partial charge in [-0.1, -0.05) is 24.3 Å². The molecule has 0 aliphatic carbocycles. The van der Waals surface area contributed by atoms with Gasteiger partial charge in [0.05, 0.1) is 13.2 Å². The first-order valence-corrected chi connectivity index (χ1v) is 9.15. The molecule has 3 aromatic rings. The predicted octanol–water partition coefficient (Wildman–Crippen LogP) is 5.07. The van der Waals surface area contributed by atoms with E-state index < -0.39 is 0 Å². The number of amides is 1. The molecule has 0 aliphatic rings. The predicted molar refractivity (Wildman–Crippen MR) is 107 cm³/mol. The molecule has 4 heteroatoms. The third kappa shape index (κ3) is 4.79. The fourth-order valence-electron chi connectivity index (χ4n) is 3.12. The molecule has 1 N–H and O–H groups in total. The van der Waals surface area contributed by atoms with Crippen molar-refractivity contribution in [1.82, 2.24) is 5.32 Å². The molecule has 0 bridgehead atoms. The number of rotatable bonds is 7. The van der Waals surface area contributed by atoms with E-state index in [9.17, 15) is 4.79 Å². The minimum absolute atomic E-state index is 0.00911. The fraction of sp³-hybridized carbons (Fsp3) is 0.261. The van der Waals surface area contributed by atoms with Crippen LogP contribution >= 0.6 is 0 Å². The SMILES string of the molecule is COc1ccc(-c2ccc(CCC(=O)N[C@@H](C)c3ccccc3C)o2)cc1. The lowest BCUT2D eigenvalue weighted by Gasteiger charge is -2.16. The zero-order chi connectivity index (χ0) is 19.2. The molecule has 0 spiro atoms. The zero-order valence-electron chi connectivity index (χ0n) is 16.0. The van der Waals surface area contributed by atoms with Crippen molar-refractivity contribution in [2.24, 2.45) is 0 Å². The van der Waals surface area contributed by atoms with Crippen LogP contribution in [0.2, 0.25) is 0 Å². The molecule has 0 aliphatic heterocycles. The number of ether oxygens (including phenoxy) is 1. The highest BCUT2D eigenvalue weighted by Gasteiger charge is 2.12. The molecule has 140 valence electrons. The van der Waals surface area contributed by atoms with Crippen molar-refractivity contribution >= 4 is 5.91 Å². The molecule has 0 unspecified atom stereocenters. The van der Waals surface area contributed by atoms with E-state index in [0.29, 0.717) is 12.8 Å². The lowest BCUT2D eigenvalue weighted by molar-refractivity contribution is -0.121. The molecule has 4 nitrogen and oxygen atoms in total. The first-order chi connectivity index (χ1) is 13.1. The third-order valence-electron chi connectivity index (χ3n) is 4.67. The summed E-state index contributed by atoms with van der Waals surface area (Å²) in [6.07, 6.45) is 0.967. The van der Waals surface area contributed by atoms with Crippen LogP contribution < -0.4 is 10.1 Å². The van der Waals surface area contributed by atoms with E-state index in [1.807, 2.05) is 61.5 Å². The number of hydrogen-bond acceptors (Lipinski definition) is 3. The lowest BCUT2D eigenvalue weighted by atomic mass is 10.0. The Kier molecular flexibility index (Phi) is 5.97. The van der Waals surface area contributed by atoms with Gasteiger partial charge in [0.1, 0.15) is 17.3 Å². The van der Waals surface area contributed by atoms with Crippen LogP contribution in [-0.4, -0.2) is 13.0 Å². The third-order valence-corrected chi connectivity index (χ3v) is 4.67. The molecule has 0 saturated heterocycles. The molecule has 1 amide bonds. The van der Waals surface area contributed by atoms with E-state index in [1.54, 1.807) is 7.11 Å². The largest absolute Gasteiger partial charge is 0.497 e. The van der Waals surface area contributed by atoms with Gasteiger partial charge in [0.15, 0.2) is 0 Å². The number of hydrogen-bond donors (Lipinski definition) is 1. The summed E-state index contributed by atoms with van der Waals surface area (Å²) >= 11 is 0. The molecule has 0 radical (unpaired) electrons. The Morgan fingerprint density at radius 2 is 1.81 bits per heavy atom. The monoisotopic (exact) mass is 363 g/mol. The molecular weight excluding hydrogens is 338 g/mol. The summed E-state index contributed by atoms with van der Waals surface area (Å²) in [6, 6.07) is 19.7. The lowest BCUT2D eigenvalue weighted by Crippen LogP contribution is -2.27. The summed E-state index contributed by atoms with van der Waals surface area (Å²) in [4.78, 5) is 12.3. The average Bonchev–Trinajstić information content (AvgIpc) is 3.16. The van der Waals surface area contributed by atoms with Gasteiger partial charge in [0.25, 0.3) is 0 Å². The van der Waals surface area contributed by atoms with Crippen LogP contribution in [0.3, 0.4) is 0 Å². The second kappa shape index (κ2) is 8.58. The minimum Gasteiger partial charge on any atom is -0.497 e. The van der Waals surface area contributed by atoms with Crippen molar-refractivity contribution in [2.45, 2.75) is 32.7 Å². The Bertz CT molecular complexity index is 896. The first-order valence-electron chi connectivity index (χ1n) is 9.15. The summed E-state index contributed by atoms with van der Waals surface area (Å²) in [5, 5.41) is 3.06. The molecule has 1 aromatic heterocycles. The van der Waals surface area contributed by atoms with Gasteiger partial charge in [-0.05, 0) is 61.4 Å². The van der Waals surface area contributed by atoms with Crippen LogP contribution in [-0.2, 0) is 11.2 Å². The Balaban J connectivity index is 1.55. The van der Waals surface area contributed by atoms with Gasteiger partial charge in [-0.25, -0.2) is 0 Å². The van der Waals surface area contributed by atoms with Crippen LogP contribution in [0.25, 0.3) is 11.3 Å².